The van der Waals surface area contributed by atoms with Gasteiger partial charge in [-0.25, -0.2) is 4.98 Å². The van der Waals surface area contributed by atoms with E-state index in [1.807, 2.05) is 0 Å². The van der Waals surface area contributed by atoms with E-state index in [9.17, 15) is 0 Å². The van der Waals surface area contributed by atoms with Crippen LogP contribution in [0.2, 0.25) is 10.0 Å². The Morgan fingerprint density at radius 2 is 2.05 bits per heavy atom. The van der Waals surface area contributed by atoms with E-state index in [1.54, 1.807) is 6.07 Å². The van der Waals surface area contributed by atoms with Gasteiger partial charge in [-0.3, -0.25) is 0 Å². The molecule has 3 heterocycles. The Morgan fingerprint density at radius 3 is 2.85 bits per heavy atom. The zero-order chi connectivity index (χ0) is 14.3. The molecule has 110 valence electrons. The van der Waals surface area contributed by atoms with Crippen LogP contribution in [0.4, 0.5) is 11.6 Å². The molecule has 6 heteroatoms. The molecule has 0 bridgehead atoms. The summed E-state index contributed by atoms with van der Waals surface area (Å²) in [7, 11) is 2.23. The molecule has 20 heavy (non-hydrogen) atoms. The molecule has 3 rings (SSSR count). The predicted molar refractivity (Wildman–Crippen MR) is 84.6 cm³/mol. The van der Waals surface area contributed by atoms with Gasteiger partial charge >= 0.3 is 0 Å². The summed E-state index contributed by atoms with van der Waals surface area (Å²) >= 11 is 12.2. The molecular formula is C14H20Cl2N4. The molecule has 2 unspecified atom stereocenters. The Kier molecular flexibility index (Phi) is 3.98. The lowest BCUT2D eigenvalue weighted by molar-refractivity contribution is 0.102. The highest BCUT2D eigenvalue weighted by Gasteiger charge is 2.35. The molecular weight excluding hydrogens is 295 g/mol. The van der Waals surface area contributed by atoms with Crippen LogP contribution >= 0.6 is 23.2 Å². The van der Waals surface area contributed by atoms with E-state index in [-0.39, 0.29) is 0 Å². The van der Waals surface area contributed by atoms with Crippen LogP contribution in [0.25, 0.3) is 0 Å². The van der Waals surface area contributed by atoms with E-state index in [4.69, 9.17) is 28.9 Å². The van der Waals surface area contributed by atoms with Gasteiger partial charge in [-0.2, -0.15) is 0 Å². The number of hydrogen-bond donors (Lipinski definition) is 1. The Labute approximate surface area is 129 Å². The molecule has 0 amide bonds. The summed E-state index contributed by atoms with van der Waals surface area (Å²) in [5.41, 5.74) is 5.81. The van der Waals surface area contributed by atoms with Crippen molar-refractivity contribution < 1.29 is 0 Å². The summed E-state index contributed by atoms with van der Waals surface area (Å²) in [6.45, 7) is 3.19. The summed E-state index contributed by atoms with van der Waals surface area (Å²) < 4.78 is 0. The van der Waals surface area contributed by atoms with Gasteiger partial charge in [0, 0.05) is 19.1 Å². The second-order valence-electron chi connectivity index (χ2n) is 5.85. The molecule has 2 aliphatic rings. The maximum absolute atomic E-state index is 6.28. The average Bonchev–Trinajstić information content (AvgIpc) is 2.43. The second kappa shape index (κ2) is 5.58. The number of halogens is 2. The molecule has 0 spiro atoms. The maximum atomic E-state index is 6.28. The first-order valence-corrected chi connectivity index (χ1v) is 7.88. The first-order valence-electron chi connectivity index (χ1n) is 7.13. The minimum Gasteiger partial charge on any atom is -0.382 e. The quantitative estimate of drug-likeness (QED) is 0.865. The second-order valence-corrected chi connectivity index (χ2v) is 6.66. The van der Waals surface area contributed by atoms with Crippen LogP contribution in [0.5, 0.6) is 0 Å². The topological polar surface area (TPSA) is 45.4 Å². The fourth-order valence-electron chi connectivity index (χ4n) is 3.54. The zero-order valence-electron chi connectivity index (χ0n) is 11.6. The molecule has 1 aromatic heterocycles. The minimum atomic E-state index is 0.356. The van der Waals surface area contributed by atoms with E-state index in [0.717, 1.165) is 25.3 Å². The van der Waals surface area contributed by atoms with Crippen molar-refractivity contribution in [2.45, 2.75) is 25.3 Å². The van der Waals surface area contributed by atoms with Gasteiger partial charge in [0.05, 0.1) is 10.0 Å². The number of fused-ring (bicyclic) bond motifs is 1. The van der Waals surface area contributed by atoms with E-state index in [2.05, 4.69) is 21.8 Å². The van der Waals surface area contributed by atoms with Gasteiger partial charge < -0.3 is 15.5 Å². The maximum Gasteiger partial charge on any atom is 0.149 e. The Bertz CT molecular complexity index is 508. The summed E-state index contributed by atoms with van der Waals surface area (Å²) in [5, 5.41) is 1.01. The molecule has 2 fully saturated rings. The van der Waals surface area contributed by atoms with Crippen molar-refractivity contribution in [2.75, 3.05) is 37.3 Å². The lowest BCUT2D eigenvalue weighted by Crippen LogP contribution is -2.53. The van der Waals surface area contributed by atoms with E-state index in [0.29, 0.717) is 27.8 Å². The van der Waals surface area contributed by atoms with Gasteiger partial charge in [-0.1, -0.05) is 23.2 Å². The Balaban J connectivity index is 1.81. The van der Waals surface area contributed by atoms with E-state index in [1.165, 1.54) is 19.4 Å². The highest BCUT2D eigenvalue weighted by atomic mass is 35.5. The summed E-state index contributed by atoms with van der Waals surface area (Å²) in [6.07, 6.45) is 3.71. The van der Waals surface area contributed by atoms with Crippen LogP contribution in [-0.2, 0) is 0 Å². The molecule has 0 saturated carbocycles. The molecule has 2 saturated heterocycles. The number of anilines is 2. The van der Waals surface area contributed by atoms with Crippen LogP contribution < -0.4 is 10.6 Å². The Hall–Kier alpha value is -0.710. The molecule has 0 aliphatic carbocycles. The molecule has 2 aliphatic heterocycles. The normalized spacial score (nSPS) is 27.4. The fraction of sp³-hybridized carbons (Fsp3) is 0.643. The number of nitrogen functional groups attached to an aromatic ring is 1. The van der Waals surface area contributed by atoms with E-state index >= 15 is 0 Å². The minimum absolute atomic E-state index is 0.356. The van der Waals surface area contributed by atoms with Crippen molar-refractivity contribution in [3.63, 3.8) is 0 Å². The molecule has 1 aromatic rings. The third-order valence-electron chi connectivity index (χ3n) is 4.58. The standard InChI is InChI=1S/C14H20Cl2N4/c1-19-5-2-3-9-8-20(6-4-12(9)19)14-11(16)7-10(15)13(17)18-14/h7,9,12H,2-6,8H2,1H3,(H2,17,18). The van der Waals surface area contributed by atoms with Crippen LogP contribution in [-0.4, -0.2) is 42.6 Å². The lowest BCUT2D eigenvalue weighted by Gasteiger charge is -2.46. The van der Waals surface area contributed by atoms with Gasteiger partial charge in [0.1, 0.15) is 11.6 Å². The van der Waals surface area contributed by atoms with Crippen LogP contribution in [0.3, 0.4) is 0 Å². The number of piperidine rings is 2. The fourth-order valence-corrected chi connectivity index (χ4v) is 4.02. The van der Waals surface area contributed by atoms with Crippen LogP contribution in [0.15, 0.2) is 6.07 Å². The van der Waals surface area contributed by atoms with Gasteiger partial charge in [0.25, 0.3) is 0 Å². The lowest BCUT2D eigenvalue weighted by atomic mass is 9.84. The smallest absolute Gasteiger partial charge is 0.149 e. The highest BCUT2D eigenvalue weighted by molar-refractivity contribution is 6.37. The van der Waals surface area contributed by atoms with E-state index < -0.39 is 0 Å². The molecule has 4 nitrogen and oxygen atoms in total. The van der Waals surface area contributed by atoms with Gasteiger partial charge in [0.2, 0.25) is 0 Å². The summed E-state index contributed by atoms with van der Waals surface area (Å²) in [5.74, 6) is 1.83. The SMILES string of the molecule is CN1CCCC2CN(c3nc(N)c(Cl)cc3Cl)CCC21. The molecule has 0 aromatic carbocycles. The van der Waals surface area contributed by atoms with Gasteiger partial charge in [-0.05, 0) is 44.8 Å². The average molecular weight is 315 g/mol. The third-order valence-corrected chi connectivity index (χ3v) is 5.16. The van der Waals surface area contributed by atoms with Gasteiger partial charge in [0.15, 0.2) is 0 Å². The Morgan fingerprint density at radius 1 is 1.25 bits per heavy atom. The number of nitrogens with two attached hydrogens (primary N) is 1. The first kappa shape index (κ1) is 14.2. The third kappa shape index (κ3) is 2.57. The number of hydrogen-bond acceptors (Lipinski definition) is 4. The zero-order valence-corrected chi connectivity index (χ0v) is 13.2. The molecule has 0 radical (unpaired) electrons. The number of rotatable bonds is 1. The monoisotopic (exact) mass is 314 g/mol. The summed E-state index contributed by atoms with van der Waals surface area (Å²) in [4.78, 5) is 9.13. The summed E-state index contributed by atoms with van der Waals surface area (Å²) in [6, 6.07) is 2.39. The largest absolute Gasteiger partial charge is 0.382 e. The van der Waals surface area contributed by atoms with Crippen molar-refractivity contribution >= 4 is 34.8 Å². The van der Waals surface area contributed by atoms with Crippen molar-refractivity contribution in [3.05, 3.63) is 16.1 Å². The van der Waals surface area contributed by atoms with Gasteiger partial charge in [-0.15, -0.1) is 0 Å². The van der Waals surface area contributed by atoms with Crippen LogP contribution in [0.1, 0.15) is 19.3 Å². The molecule has 2 atom stereocenters. The van der Waals surface area contributed by atoms with Crippen molar-refractivity contribution in [1.29, 1.82) is 0 Å². The van der Waals surface area contributed by atoms with Crippen molar-refractivity contribution in [1.82, 2.24) is 9.88 Å². The first-order chi connectivity index (χ1) is 9.56. The highest BCUT2D eigenvalue weighted by Crippen LogP contribution is 2.35. The van der Waals surface area contributed by atoms with Crippen molar-refractivity contribution in [2.24, 2.45) is 5.92 Å². The molecule has 2 N–H and O–H groups in total. The predicted octanol–water partition coefficient (Wildman–Crippen LogP) is 2.89. The number of nitrogens with zero attached hydrogens (tertiary/aromatic N) is 3. The number of aromatic nitrogens is 1. The number of likely N-dealkylation sites (tertiary alicyclic amines) is 1. The number of pyridine rings is 1. The van der Waals surface area contributed by atoms with Crippen LogP contribution in [0, 0.1) is 5.92 Å². The van der Waals surface area contributed by atoms with Crippen molar-refractivity contribution in [3.8, 4) is 0 Å².